The third-order valence-corrected chi connectivity index (χ3v) is 4.47. The van der Waals surface area contributed by atoms with Gasteiger partial charge in [0.1, 0.15) is 4.90 Å². The Morgan fingerprint density at radius 3 is 2.52 bits per heavy atom. The minimum Gasteiger partial charge on any atom is -0.322 e. The number of carbonyl (C=O) groups is 1. The fourth-order valence-electron chi connectivity index (χ4n) is 1.63. The van der Waals surface area contributed by atoms with Gasteiger partial charge < -0.3 is 5.32 Å². The average Bonchev–Trinajstić information content (AvgIpc) is 2.37. The first kappa shape index (κ1) is 16.0. The maximum absolute atomic E-state index is 12.1. The number of hydrogen-bond acceptors (Lipinski definition) is 3. The van der Waals surface area contributed by atoms with Gasteiger partial charge in [0, 0.05) is 15.7 Å². The topological polar surface area (TPSA) is 89.3 Å². The highest BCUT2D eigenvalue weighted by atomic mass is 79.9. The van der Waals surface area contributed by atoms with Crippen LogP contribution in [0.15, 0.2) is 51.8 Å². The molecule has 2 aromatic rings. The first-order chi connectivity index (χ1) is 9.77. The number of sulfonamides is 1. The molecule has 0 fully saturated rings. The van der Waals surface area contributed by atoms with E-state index in [2.05, 4.69) is 21.2 Å². The Kier molecular flexibility index (Phi) is 4.67. The van der Waals surface area contributed by atoms with Gasteiger partial charge in [-0.1, -0.05) is 33.6 Å². The van der Waals surface area contributed by atoms with E-state index in [1.807, 2.05) is 6.07 Å². The molecule has 2 rings (SSSR count). The summed E-state index contributed by atoms with van der Waals surface area (Å²) in [6.07, 6.45) is 0. The molecular weight excluding hydrogens is 380 g/mol. The van der Waals surface area contributed by atoms with Crippen LogP contribution in [-0.4, -0.2) is 14.3 Å². The van der Waals surface area contributed by atoms with E-state index in [9.17, 15) is 13.2 Å². The van der Waals surface area contributed by atoms with Crippen molar-refractivity contribution in [3.05, 3.63) is 57.5 Å². The summed E-state index contributed by atoms with van der Waals surface area (Å²) >= 11 is 9.06. The molecule has 0 aliphatic carbocycles. The number of amides is 1. The lowest BCUT2D eigenvalue weighted by atomic mass is 10.2. The molecule has 0 aromatic heterocycles. The van der Waals surface area contributed by atoms with Crippen molar-refractivity contribution < 1.29 is 13.2 Å². The van der Waals surface area contributed by atoms with Crippen LogP contribution in [-0.2, 0) is 10.0 Å². The number of hydrogen-bond donors (Lipinski definition) is 2. The Morgan fingerprint density at radius 1 is 1.19 bits per heavy atom. The molecule has 1 amide bonds. The van der Waals surface area contributed by atoms with E-state index in [0.29, 0.717) is 5.69 Å². The zero-order valence-electron chi connectivity index (χ0n) is 10.5. The molecule has 21 heavy (non-hydrogen) atoms. The monoisotopic (exact) mass is 388 g/mol. The van der Waals surface area contributed by atoms with Crippen LogP contribution in [0.2, 0.25) is 5.02 Å². The standard InChI is InChI=1S/C13H10BrClN2O3S/c14-9-2-1-3-10(7-9)17-13(18)8-4-5-11(15)12(6-8)21(16,19)20/h1-7H,(H,17,18)(H2,16,19,20). The van der Waals surface area contributed by atoms with Crippen molar-refractivity contribution in [2.24, 2.45) is 5.14 Å². The molecule has 2 aromatic carbocycles. The first-order valence-electron chi connectivity index (χ1n) is 5.66. The molecule has 0 unspecified atom stereocenters. The van der Waals surface area contributed by atoms with Gasteiger partial charge in [0.25, 0.3) is 5.91 Å². The summed E-state index contributed by atoms with van der Waals surface area (Å²) in [5, 5.41) is 7.67. The third-order valence-electron chi connectivity index (χ3n) is 2.58. The molecule has 0 radical (unpaired) electrons. The number of benzene rings is 2. The Balaban J connectivity index is 2.32. The van der Waals surface area contributed by atoms with E-state index in [4.69, 9.17) is 16.7 Å². The zero-order chi connectivity index (χ0) is 15.6. The second-order valence-electron chi connectivity index (χ2n) is 4.15. The highest BCUT2D eigenvalue weighted by Gasteiger charge is 2.16. The summed E-state index contributed by atoms with van der Waals surface area (Å²) in [5.74, 6) is -0.463. The zero-order valence-corrected chi connectivity index (χ0v) is 13.7. The van der Waals surface area contributed by atoms with Crippen molar-refractivity contribution in [3.63, 3.8) is 0 Å². The molecule has 0 saturated carbocycles. The van der Waals surface area contributed by atoms with Crippen LogP contribution in [0.5, 0.6) is 0 Å². The van der Waals surface area contributed by atoms with Gasteiger partial charge in [-0.2, -0.15) is 0 Å². The molecule has 0 aliphatic heterocycles. The molecule has 0 bridgehead atoms. The van der Waals surface area contributed by atoms with Gasteiger partial charge >= 0.3 is 0 Å². The number of halogens is 2. The van der Waals surface area contributed by atoms with E-state index >= 15 is 0 Å². The fraction of sp³-hybridized carbons (Fsp3) is 0. The second-order valence-corrected chi connectivity index (χ2v) is 7.01. The largest absolute Gasteiger partial charge is 0.322 e. The lowest BCUT2D eigenvalue weighted by Gasteiger charge is -2.08. The molecule has 5 nitrogen and oxygen atoms in total. The SMILES string of the molecule is NS(=O)(=O)c1cc(C(=O)Nc2cccc(Br)c2)ccc1Cl. The van der Waals surface area contributed by atoms with Crippen molar-refractivity contribution in [2.75, 3.05) is 5.32 Å². The van der Waals surface area contributed by atoms with E-state index < -0.39 is 15.9 Å². The summed E-state index contributed by atoms with van der Waals surface area (Å²) in [4.78, 5) is 11.8. The quantitative estimate of drug-likeness (QED) is 0.845. The minimum absolute atomic E-state index is 0.0310. The summed E-state index contributed by atoms with van der Waals surface area (Å²) in [7, 11) is -3.99. The summed E-state index contributed by atoms with van der Waals surface area (Å²) < 4.78 is 23.6. The van der Waals surface area contributed by atoms with Gasteiger partial charge in [-0.15, -0.1) is 0 Å². The lowest BCUT2D eigenvalue weighted by Crippen LogP contribution is -2.16. The summed E-state index contributed by atoms with van der Waals surface area (Å²) in [6.45, 7) is 0. The number of nitrogens with two attached hydrogens (primary N) is 1. The Morgan fingerprint density at radius 2 is 1.90 bits per heavy atom. The van der Waals surface area contributed by atoms with Gasteiger partial charge in [0.2, 0.25) is 10.0 Å². The first-order valence-corrected chi connectivity index (χ1v) is 8.38. The van der Waals surface area contributed by atoms with Crippen LogP contribution in [0, 0.1) is 0 Å². The van der Waals surface area contributed by atoms with Crippen LogP contribution in [0.3, 0.4) is 0 Å². The molecule has 3 N–H and O–H groups in total. The molecule has 0 spiro atoms. The maximum Gasteiger partial charge on any atom is 0.255 e. The smallest absolute Gasteiger partial charge is 0.255 e. The van der Waals surface area contributed by atoms with Crippen molar-refractivity contribution >= 4 is 49.1 Å². The molecule has 8 heteroatoms. The van der Waals surface area contributed by atoms with E-state index in [-0.39, 0.29) is 15.5 Å². The highest BCUT2D eigenvalue weighted by molar-refractivity contribution is 9.10. The van der Waals surface area contributed by atoms with E-state index in [1.54, 1.807) is 18.2 Å². The Hall–Kier alpha value is -1.41. The van der Waals surface area contributed by atoms with E-state index in [1.165, 1.54) is 12.1 Å². The number of primary sulfonamides is 1. The summed E-state index contributed by atoms with van der Waals surface area (Å²) in [6, 6.07) is 10.9. The van der Waals surface area contributed by atoms with Crippen LogP contribution < -0.4 is 10.5 Å². The number of nitrogens with one attached hydrogen (secondary N) is 1. The van der Waals surface area contributed by atoms with Crippen molar-refractivity contribution in [1.82, 2.24) is 0 Å². The second kappa shape index (κ2) is 6.15. The number of rotatable bonds is 3. The third kappa shape index (κ3) is 4.04. The van der Waals surface area contributed by atoms with Crippen molar-refractivity contribution in [1.29, 1.82) is 0 Å². The highest BCUT2D eigenvalue weighted by Crippen LogP contribution is 2.22. The molecule has 0 aliphatic rings. The van der Waals surface area contributed by atoms with Gasteiger partial charge in [0.15, 0.2) is 0 Å². The minimum atomic E-state index is -3.99. The van der Waals surface area contributed by atoms with Crippen LogP contribution in [0.4, 0.5) is 5.69 Å². The lowest BCUT2D eigenvalue weighted by molar-refractivity contribution is 0.102. The maximum atomic E-state index is 12.1. The fourth-order valence-corrected chi connectivity index (χ4v) is 3.10. The molecule has 0 heterocycles. The van der Waals surface area contributed by atoms with Crippen LogP contribution >= 0.6 is 27.5 Å². The van der Waals surface area contributed by atoms with Gasteiger partial charge in [-0.05, 0) is 36.4 Å². The van der Waals surface area contributed by atoms with Gasteiger partial charge in [-0.3, -0.25) is 4.79 Å². The van der Waals surface area contributed by atoms with Crippen LogP contribution in [0.1, 0.15) is 10.4 Å². The van der Waals surface area contributed by atoms with Crippen LogP contribution in [0.25, 0.3) is 0 Å². The molecule has 0 atom stereocenters. The summed E-state index contributed by atoms with van der Waals surface area (Å²) in [5.41, 5.74) is 0.713. The van der Waals surface area contributed by atoms with Crippen molar-refractivity contribution in [3.8, 4) is 0 Å². The Labute approximate surface area is 135 Å². The van der Waals surface area contributed by atoms with E-state index in [0.717, 1.165) is 10.5 Å². The molecule has 110 valence electrons. The van der Waals surface area contributed by atoms with Gasteiger partial charge in [-0.25, -0.2) is 13.6 Å². The normalized spacial score (nSPS) is 11.2. The Bertz CT molecular complexity index is 809. The number of carbonyl (C=O) groups excluding carboxylic acids is 1. The average molecular weight is 390 g/mol. The molecule has 0 saturated heterocycles. The van der Waals surface area contributed by atoms with Gasteiger partial charge in [0.05, 0.1) is 5.02 Å². The predicted molar refractivity (Wildman–Crippen MR) is 84.9 cm³/mol. The number of anilines is 1. The predicted octanol–water partition coefficient (Wildman–Crippen LogP) is 3.00. The van der Waals surface area contributed by atoms with Crippen molar-refractivity contribution in [2.45, 2.75) is 4.90 Å². The molecular formula is C13H10BrClN2O3S.